The molecule has 1 atom stereocenters. The van der Waals surface area contributed by atoms with E-state index in [1.807, 2.05) is 20.2 Å². The summed E-state index contributed by atoms with van der Waals surface area (Å²) in [5.41, 5.74) is 1.55. The van der Waals surface area contributed by atoms with Crippen LogP contribution in [0.5, 0.6) is 0 Å². The summed E-state index contributed by atoms with van der Waals surface area (Å²) in [6.07, 6.45) is 0.130. The number of hydrogen-bond donors (Lipinski definition) is 0. The molecule has 0 spiro atoms. The molecule has 1 unspecified atom stereocenters. The molecule has 0 radical (unpaired) electrons. The normalized spacial score (nSPS) is 20.1. The lowest BCUT2D eigenvalue weighted by Crippen LogP contribution is -2.10. The van der Waals surface area contributed by atoms with Crippen LogP contribution in [0, 0.1) is 5.82 Å². The second kappa shape index (κ2) is 3.00. The Hall–Kier alpha value is -1.09. The Labute approximate surface area is 76.9 Å². The van der Waals surface area contributed by atoms with Gasteiger partial charge in [0.05, 0.1) is 12.3 Å². The molecule has 1 aliphatic heterocycles. The fraction of sp³-hybridized carbons (Fsp3) is 0.400. The molecule has 3 heteroatoms. The van der Waals surface area contributed by atoms with Crippen LogP contribution in [-0.4, -0.2) is 20.7 Å². The molecule has 0 saturated carbocycles. The molecule has 0 amide bonds. The van der Waals surface area contributed by atoms with Crippen molar-refractivity contribution < 1.29 is 9.13 Å². The zero-order valence-corrected chi connectivity index (χ0v) is 7.75. The van der Waals surface area contributed by atoms with E-state index < -0.39 is 0 Å². The zero-order chi connectivity index (χ0) is 9.42. The largest absolute Gasteiger partial charge is 0.375 e. The lowest BCUT2D eigenvalue weighted by atomic mass is 10.1. The second-order valence-electron chi connectivity index (χ2n) is 3.43. The minimum absolute atomic E-state index is 0.130. The molecule has 1 aromatic rings. The number of rotatable bonds is 2. The topological polar surface area (TPSA) is 15.8 Å². The molecular weight excluding hydrogens is 169 g/mol. The van der Waals surface area contributed by atoms with E-state index in [2.05, 4.69) is 0 Å². The molecule has 0 bridgehead atoms. The van der Waals surface area contributed by atoms with Gasteiger partial charge in [0.25, 0.3) is 0 Å². The third kappa shape index (κ3) is 1.65. The van der Waals surface area contributed by atoms with Gasteiger partial charge in [-0.05, 0) is 17.7 Å². The Morgan fingerprint density at radius 3 is 2.62 bits per heavy atom. The van der Waals surface area contributed by atoms with E-state index >= 15 is 0 Å². The van der Waals surface area contributed by atoms with E-state index in [1.165, 1.54) is 0 Å². The maximum absolute atomic E-state index is 13.4. The van der Waals surface area contributed by atoms with Gasteiger partial charge in [0, 0.05) is 14.1 Å². The Morgan fingerprint density at radius 2 is 2.15 bits per heavy atom. The highest BCUT2D eigenvalue weighted by molar-refractivity contribution is 5.48. The van der Waals surface area contributed by atoms with E-state index in [0.29, 0.717) is 5.69 Å². The molecule has 1 aromatic carbocycles. The number of epoxide rings is 1. The molecule has 1 fully saturated rings. The van der Waals surface area contributed by atoms with Crippen molar-refractivity contribution in [3.8, 4) is 0 Å². The number of ether oxygens (including phenoxy) is 1. The molecule has 0 aromatic heterocycles. The predicted octanol–water partition coefficient (Wildman–Crippen LogP) is 1.96. The average Bonchev–Trinajstić information content (AvgIpc) is 2.85. The molecule has 1 saturated heterocycles. The van der Waals surface area contributed by atoms with Crippen LogP contribution in [0.15, 0.2) is 18.2 Å². The van der Waals surface area contributed by atoms with Crippen molar-refractivity contribution in [3.05, 3.63) is 29.6 Å². The average molecular weight is 181 g/mol. The summed E-state index contributed by atoms with van der Waals surface area (Å²) in [6, 6.07) is 5.25. The van der Waals surface area contributed by atoms with Crippen LogP contribution < -0.4 is 4.90 Å². The fourth-order valence-corrected chi connectivity index (χ4v) is 1.33. The van der Waals surface area contributed by atoms with E-state index in [-0.39, 0.29) is 11.9 Å². The minimum atomic E-state index is -0.182. The Bertz CT molecular complexity index is 321. The van der Waals surface area contributed by atoms with Crippen LogP contribution in [0.1, 0.15) is 11.7 Å². The summed E-state index contributed by atoms with van der Waals surface area (Å²) in [7, 11) is 3.65. The van der Waals surface area contributed by atoms with Crippen LogP contribution in [0.2, 0.25) is 0 Å². The van der Waals surface area contributed by atoms with Gasteiger partial charge < -0.3 is 9.64 Å². The van der Waals surface area contributed by atoms with Crippen LogP contribution >= 0.6 is 0 Å². The molecule has 0 aliphatic carbocycles. The van der Waals surface area contributed by atoms with Gasteiger partial charge in [-0.3, -0.25) is 0 Å². The van der Waals surface area contributed by atoms with Gasteiger partial charge in [-0.15, -0.1) is 0 Å². The van der Waals surface area contributed by atoms with E-state index in [0.717, 1.165) is 12.2 Å². The predicted molar refractivity (Wildman–Crippen MR) is 49.4 cm³/mol. The molecule has 2 nitrogen and oxygen atoms in total. The van der Waals surface area contributed by atoms with Gasteiger partial charge in [-0.25, -0.2) is 4.39 Å². The van der Waals surface area contributed by atoms with Crippen molar-refractivity contribution in [1.82, 2.24) is 0 Å². The summed E-state index contributed by atoms with van der Waals surface area (Å²) in [5.74, 6) is -0.182. The minimum Gasteiger partial charge on any atom is -0.375 e. The summed E-state index contributed by atoms with van der Waals surface area (Å²) in [6.45, 7) is 0.723. The lowest BCUT2D eigenvalue weighted by molar-refractivity contribution is 0.415. The van der Waals surface area contributed by atoms with Crippen LogP contribution in [0.4, 0.5) is 10.1 Å². The number of benzene rings is 1. The summed E-state index contributed by atoms with van der Waals surface area (Å²) in [4.78, 5) is 1.76. The van der Waals surface area contributed by atoms with Crippen LogP contribution in [0.3, 0.4) is 0 Å². The first kappa shape index (κ1) is 8.51. The van der Waals surface area contributed by atoms with Crippen LogP contribution in [-0.2, 0) is 4.74 Å². The first-order chi connectivity index (χ1) is 6.18. The number of hydrogen-bond acceptors (Lipinski definition) is 2. The maximum Gasteiger partial charge on any atom is 0.146 e. The quantitative estimate of drug-likeness (QED) is 0.648. The SMILES string of the molecule is CN(C)c1ccc(C2CO2)cc1F. The first-order valence-corrected chi connectivity index (χ1v) is 4.27. The summed E-state index contributed by atoms with van der Waals surface area (Å²) in [5, 5.41) is 0. The first-order valence-electron chi connectivity index (χ1n) is 4.27. The van der Waals surface area contributed by atoms with Crippen molar-refractivity contribution >= 4 is 5.69 Å². The number of nitrogens with zero attached hydrogens (tertiary/aromatic N) is 1. The molecule has 2 rings (SSSR count). The second-order valence-corrected chi connectivity index (χ2v) is 3.43. The highest BCUT2D eigenvalue weighted by Gasteiger charge is 2.25. The highest BCUT2D eigenvalue weighted by Crippen LogP contribution is 2.31. The molecule has 1 aliphatic rings. The van der Waals surface area contributed by atoms with Crippen molar-refractivity contribution in [2.75, 3.05) is 25.6 Å². The van der Waals surface area contributed by atoms with E-state index in [4.69, 9.17) is 4.74 Å². The summed E-state index contributed by atoms with van der Waals surface area (Å²) >= 11 is 0. The van der Waals surface area contributed by atoms with E-state index in [9.17, 15) is 4.39 Å². The van der Waals surface area contributed by atoms with Crippen molar-refractivity contribution in [1.29, 1.82) is 0 Å². The number of anilines is 1. The van der Waals surface area contributed by atoms with Gasteiger partial charge >= 0.3 is 0 Å². The molecule has 70 valence electrons. The van der Waals surface area contributed by atoms with Gasteiger partial charge in [-0.2, -0.15) is 0 Å². The Morgan fingerprint density at radius 1 is 1.46 bits per heavy atom. The smallest absolute Gasteiger partial charge is 0.146 e. The van der Waals surface area contributed by atoms with E-state index in [1.54, 1.807) is 17.0 Å². The van der Waals surface area contributed by atoms with Crippen molar-refractivity contribution in [3.63, 3.8) is 0 Å². The molecule has 0 N–H and O–H groups in total. The maximum atomic E-state index is 13.4. The lowest BCUT2D eigenvalue weighted by Gasteiger charge is -2.13. The van der Waals surface area contributed by atoms with Gasteiger partial charge in [0.1, 0.15) is 11.9 Å². The molecular formula is C10H12FNO. The number of halogens is 1. The fourth-order valence-electron chi connectivity index (χ4n) is 1.33. The Kier molecular flexibility index (Phi) is 1.96. The van der Waals surface area contributed by atoms with Crippen molar-refractivity contribution in [2.24, 2.45) is 0 Å². The molecule has 13 heavy (non-hydrogen) atoms. The van der Waals surface area contributed by atoms with Gasteiger partial charge in [0.15, 0.2) is 0 Å². The Balaban J connectivity index is 2.31. The van der Waals surface area contributed by atoms with Gasteiger partial charge in [-0.1, -0.05) is 6.07 Å². The standard InChI is InChI=1S/C10H12FNO/c1-12(2)9-4-3-7(5-8(9)11)10-6-13-10/h3-5,10H,6H2,1-2H3. The van der Waals surface area contributed by atoms with Crippen molar-refractivity contribution in [2.45, 2.75) is 6.10 Å². The monoisotopic (exact) mass is 181 g/mol. The molecule has 1 heterocycles. The summed E-state index contributed by atoms with van der Waals surface area (Å²) < 4.78 is 18.5. The highest BCUT2D eigenvalue weighted by atomic mass is 19.1. The third-order valence-corrected chi connectivity index (χ3v) is 2.16. The van der Waals surface area contributed by atoms with Gasteiger partial charge in [0.2, 0.25) is 0 Å². The third-order valence-electron chi connectivity index (χ3n) is 2.16. The zero-order valence-electron chi connectivity index (χ0n) is 7.75. The van der Waals surface area contributed by atoms with Crippen LogP contribution in [0.25, 0.3) is 0 Å².